The van der Waals surface area contributed by atoms with E-state index >= 15 is 0 Å². The summed E-state index contributed by atoms with van der Waals surface area (Å²) in [5, 5.41) is 3.46. The van der Waals surface area contributed by atoms with Crippen molar-refractivity contribution in [3.63, 3.8) is 0 Å². The van der Waals surface area contributed by atoms with Crippen LogP contribution in [0, 0.1) is 0 Å². The van der Waals surface area contributed by atoms with Gasteiger partial charge in [0, 0.05) is 0 Å². The number of unbranched alkanes of at least 4 members (excludes halogenated alkanes) is 5. The van der Waals surface area contributed by atoms with Crippen LogP contribution in [0.2, 0.25) is 0 Å². The molecule has 0 aromatic rings. The van der Waals surface area contributed by atoms with E-state index in [9.17, 15) is 0 Å². The van der Waals surface area contributed by atoms with Crippen LogP contribution in [0.15, 0.2) is 0 Å². The van der Waals surface area contributed by atoms with Gasteiger partial charge in [-0.2, -0.15) is 0 Å². The van der Waals surface area contributed by atoms with Crippen LogP contribution < -0.4 is 11.1 Å². The third-order valence-corrected chi connectivity index (χ3v) is 2.26. The zero-order valence-corrected chi connectivity index (χ0v) is 9.15. The molecule has 0 radical (unpaired) electrons. The first-order chi connectivity index (χ1) is 6.41. The van der Waals surface area contributed by atoms with Crippen LogP contribution >= 0.6 is 0 Å². The first kappa shape index (κ1) is 12.9. The van der Waals surface area contributed by atoms with Gasteiger partial charge in [0.1, 0.15) is 0 Å². The summed E-state index contributed by atoms with van der Waals surface area (Å²) in [5.41, 5.74) is 5.40. The van der Waals surface area contributed by atoms with Gasteiger partial charge in [-0.1, -0.05) is 32.6 Å². The lowest BCUT2D eigenvalue weighted by molar-refractivity contribution is 0.568. The maximum absolute atomic E-state index is 5.40. The molecule has 2 nitrogen and oxygen atoms in total. The SMILES string of the molecule is CCCCCCNCCCCCN. The molecular weight excluding hydrogens is 160 g/mol. The van der Waals surface area contributed by atoms with E-state index in [1.807, 2.05) is 0 Å². The molecular formula is C11H26N2. The molecule has 0 aromatic carbocycles. The molecule has 0 heterocycles. The van der Waals surface area contributed by atoms with Crippen molar-refractivity contribution in [1.29, 1.82) is 0 Å². The van der Waals surface area contributed by atoms with Gasteiger partial charge in [-0.25, -0.2) is 0 Å². The Morgan fingerprint density at radius 3 is 2.00 bits per heavy atom. The highest BCUT2D eigenvalue weighted by Gasteiger charge is 1.89. The molecule has 0 fully saturated rings. The first-order valence-corrected chi connectivity index (χ1v) is 5.82. The predicted molar refractivity (Wildman–Crippen MR) is 59.9 cm³/mol. The van der Waals surface area contributed by atoms with Crippen molar-refractivity contribution >= 4 is 0 Å². The van der Waals surface area contributed by atoms with Gasteiger partial charge < -0.3 is 11.1 Å². The predicted octanol–water partition coefficient (Wildman–Crippen LogP) is 2.29. The number of hydrogen-bond acceptors (Lipinski definition) is 2. The highest BCUT2D eigenvalue weighted by Crippen LogP contribution is 1.97. The van der Waals surface area contributed by atoms with Crippen molar-refractivity contribution in [2.24, 2.45) is 5.73 Å². The molecule has 0 atom stereocenters. The van der Waals surface area contributed by atoms with Gasteiger partial charge in [0.15, 0.2) is 0 Å². The van der Waals surface area contributed by atoms with Crippen LogP contribution in [0.25, 0.3) is 0 Å². The smallest absolute Gasteiger partial charge is 0.00489 e. The highest BCUT2D eigenvalue weighted by molar-refractivity contribution is 4.50. The monoisotopic (exact) mass is 186 g/mol. The third kappa shape index (κ3) is 11.9. The van der Waals surface area contributed by atoms with Crippen molar-refractivity contribution in [2.75, 3.05) is 19.6 Å². The Labute approximate surface area is 83.3 Å². The molecule has 0 saturated carbocycles. The third-order valence-electron chi connectivity index (χ3n) is 2.26. The van der Waals surface area contributed by atoms with E-state index in [0.29, 0.717) is 0 Å². The summed E-state index contributed by atoms with van der Waals surface area (Å²) in [4.78, 5) is 0. The highest BCUT2D eigenvalue weighted by atomic mass is 14.8. The quantitative estimate of drug-likeness (QED) is 0.514. The van der Waals surface area contributed by atoms with Crippen molar-refractivity contribution in [2.45, 2.75) is 51.9 Å². The summed E-state index contributed by atoms with van der Waals surface area (Å²) in [5.74, 6) is 0. The van der Waals surface area contributed by atoms with Crippen molar-refractivity contribution < 1.29 is 0 Å². The normalized spacial score (nSPS) is 10.6. The molecule has 0 rings (SSSR count). The van der Waals surface area contributed by atoms with E-state index in [1.54, 1.807) is 0 Å². The van der Waals surface area contributed by atoms with E-state index < -0.39 is 0 Å². The summed E-state index contributed by atoms with van der Waals surface area (Å²) in [6, 6.07) is 0. The second-order valence-electron chi connectivity index (χ2n) is 3.66. The molecule has 3 N–H and O–H groups in total. The second-order valence-corrected chi connectivity index (χ2v) is 3.66. The summed E-state index contributed by atoms with van der Waals surface area (Å²) >= 11 is 0. The second kappa shape index (κ2) is 11.9. The Kier molecular flexibility index (Phi) is 11.8. The summed E-state index contributed by atoms with van der Waals surface area (Å²) in [7, 11) is 0. The Morgan fingerprint density at radius 2 is 1.46 bits per heavy atom. The van der Waals surface area contributed by atoms with E-state index in [1.165, 1.54) is 58.0 Å². The summed E-state index contributed by atoms with van der Waals surface area (Å²) < 4.78 is 0. The van der Waals surface area contributed by atoms with Gasteiger partial charge in [-0.15, -0.1) is 0 Å². The van der Waals surface area contributed by atoms with Gasteiger partial charge >= 0.3 is 0 Å². The number of hydrogen-bond donors (Lipinski definition) is 2. The van der Waals surface area contributed by atoms with Crippen molar-refractivity contribution in [3.05, 3.63) is 0 Å². The number of nitrogens with two attached hydrogens (primary N) is 1. The summed E-state index contributed by atoms with van der Waals surface area (Å²) in [6.45, 7) is 5.46. The zero-order chi connectivity index (χ0) is 9.78. The van der Waals surface area contributed by atoms with Gasteiger partial charge in [-0.3, -0.25) is 0 Å². The van der Waals surface area contributed by atoms with Crippen LogP contribution in [0.1, 0.15) is 51.9 Å². The lowest BCUT2D eigenvalue weighted by atomic mass is 10.2. The van der Waals surface area contributed by atoms with Crippen LogP contribution in [0.4, 0.5) is 0 Å². The Morgan fingerprint density at radius 1 is 0.846 bits per heavy atom. The molecule has 13 heavy (non-hydrogen) atoms. The van der Waals surface area contributed by atoms with Crippen molar-refractivity contribution in [1.82, 2.24) is 5.32 Å². The Hall–Kier alpha value is -0.0800. The van der Waals surface area contributed by atoms with Crippen molar-refractivity contribution in [3.8, 4) is 0 Å². The van der Waals surface area contributed by atoms with Crippen LogP contribution in [-0.4, -0.2) is 19.6 Å². The van der Waals surface area contributed by atoms with E-state index in [0.717, 1.165) is 6.54 Å². The van der Waals surface area contributed by atoms with Crippen LogP contribution in [0.5, 0.6) is 0 Å². The van der Waals surface area contributed by atoms with Crippen LogP contribution in [-0.2, 0) is 0 Å². The lowest BCUT2D eigenvalue weighted by Gasteiger charge is -2.03. The largest absolute Gasteiger partial charge is 0.330 e. The molecule has 2 heteroatoms. The summed E-state index contributed by atoms with van der Waals surface area (Å²) in [6.07, 6.45) is 9.17. The van der Waals surface area contributed by atoms with Gasteiger partial charge in [-0.05, 0) is 38.9 Å². The van der Waals surface area contributed by atoms with Gasteiger partial charge in [0.2, 0.25) is 0 Å². The molecule has 0 saturated heterocycles. The molecule has 0 aliphatic heterocycles. The number of rotatable bonds is 10. The fraction of sp³-hybridized carbons (Fsp3) is 1.00. The molecule has 80 valence electrons. The average Bonchev–Trinajstić information content (AvgIpc) is 2.16. The molecule has 0 amide bonds. The maximum Gasteiger partial charge on any atom is -0.00489 e. The average molecular weight is 186 g/mol. The zero-order valence-electron chi connectivity index (χ0n) is 9.15. The minimum absolute atomic E-state index is 0.844. The van der Waals surface area contributed by atoms with Crippen LogP contribution in [0.3, 0.4) is 0 Å². The topological polar surface area (TPSA) is 38.0 Å². The fourth-order valence-electron chi connectivity index (χ4n) is 1.37. The first-order valence-electron chi connectivity index (χ1n) is 5.82. The lowest BCUT2D eigenvalue weighted by Crippen LogP contribution is -2.16. The van der Waals surface area contributed by atoms with E-state index in [-0.39, 0.29) is 0 Å². The molecule has 0 aromatic heterocycles. The Bertz CT molecular complexity index is 74.2. The molecule has 0 aliphatic rings. The fourth-order valence-corrected chi connectivity index (χ4v) is 1.37. The minimum Gasteiger partial charge on any atom is -0.330 e. The Balaban J connectivity index is 2.76. The number of nitrogens with one attached hydrogen (secondary N) is 1. The molecule has 0 aliphatic carbocycles. The van der Waals surface area contributed by atoms with E-state index in [4.69, 9.17) is 5.73 Å². The minimum atomic E-state index is 0.844. The molecule has 0 bridgehead atoms. The molecule has 0 unspecified atom stereocenters. The molecule has 0 spiro atoms. The van der Waals surface area contributed by atoms with E-state index in [2.05, 4.69) is 12.2 Å². The maximum atomic E-state index is 5.40. The standard InChI is InChI=1S/C11H26N2/c1-2-3-4-7-10-13-11-8-5-6-9-12/h13H,2-12H2,1H3. The van der Waals surface area contributed by atoms with Gasteiger partial charge in [0.25, 0.3) is 0 Å². The van der Waals surface area contributed by atoms with Gasteiger partial charge in [0.05, 0.1) is 0 Å².